The minimum atomic E-state index is -0.750. The van der Waals surface area contributed by atoms with Crippen molar-refractivity contribution in [1.29, 1.82) is 0 Å². The number of nitrogens with zero attached hydrogens (tertiary/aromatic N) is 2. The molecule has 0 rings (SSSR count). The number of hydrogen-bond donors (Lipinski definition) is 4. The average molecular weight is 232 g/mol. The van der Waals surface area contributed by atoms with E-state index in [9.17, 15) is 9.59 Å². The molecule has 0 bridgehead atoms. The number of carbonyl (C=O) groups is 2. The molecule has 0 aliphatic carbocycles. The lowest BCUT2D eigenvalue weighted by atomic mass is 9.95. The highest BCUT2D eigenvalue weighted by molar-refractivity contribution is 5.72. The second-order valence-corrected chi connectivity index (χ2v) is 4.32. The molecular formula is C8H20N6O2. The molecule has 4 amide bonds. The van der Waals surface area contributed by atoms with Gasteiger partial charge >= 0.3 is 12.1 Å². The second kappa shape index (κ2) is 4.99. The lowest BCUT2D eigenvalue weighted by Crippen LogP contribution is -2.58. The van der Waals surface area contributed by atoms with E-state index in [0.29, 0.717) is 6.42 Å². The maximum absolute atomic E-state index is 10.9. The topological polar surface area (TPSA) is 145 Å². The van der Waals surface area contributed by atoms with Crippen molar-refractivity contribution in [3.05, 3.63) is 0 Å². The van der Waals surface area contributed by atoms with Crippen molar-refractivity contribution < 1.29 is 9.59 Å². The van der Waals surface area contributed by atoms with Gasteiger partial charge in [-0.1, -0.05) is 0 Å². The van der Waals surface area contributed by atoms with Gasteiger partial charge in [0, 0.05) is 6.04 Å². The summed E-state index contributed by atoms with van der Waals surface area (Å²) in [5.74, 6) is 10.9. The highest BCUT2D eigenvalue weighted by Gasteiger charge is 2.31. The minimum Gasteiger partial charge on any atom is -0.350 e. The van der Waals surface area contributed by atoms with E-state index in [1.54, 1.807) is 20.8 Å². The van der Waals surface area contributed by atoms with Crippen LogP contribution < -0.4 is 23.2 Å². The third kappa shape index (κ3) is 3.55. The molecule has 0 heterocycles. The van der Waals surface area contributed by atoms with Crippen molar-refractivity contribution in [3.8, 4) is 0 Å². The Bertz CT molecular complexity index is 280. The molecule has 94 valence electrons. The zero-order chi connectivity index (χ0) is 13.1. The molecule has 0 aromatic heterocycles. The van der Waals surface area contributed by atoms with Crippen LogP contribution in [0.4, 0.5) is 9.59 Å². The largest absolute Gasteiger partial charge is 0.350 e. The van der Waals surface area contributed by atoms with E-state index in [1.807, 2.05) is 0 Å². The van der Waals surface area contributed by atoms with Crippen molar-refractivity contribution in [2.75, 3.05) is 0 Å². The monoisotopic (exact) mass is 232 g/mol. The fourth-order valence-electron chi connectivity index (χ4n) is 1.44. The third-order valence-electron chi connectivity index (χ3n) is 2.41. The summed E-state index contributed by atoms with van der Waals surface area (Å²) in [5, 5.41) is 1.79. The average Bonchev–Trinajstić information content (AvgIpc) is 2.14. The van der Waals surface area contributed by atoms with Crippen molar-refractivity contribution in [3.63, 3.8) is 0 Å². The summed E-state index contributed by atoms with van der Waals surface area (Å²) >= 11 is 0. The van der Waals surface area contributed by atoms with E-state index in [1.165, 1.54) is 0 Å². The first kappa shape index (κ1) is 14.5. The van der Waals surface area contributed by atoms with E-state index in [0.717, 1.165) is 10.0 Å². The van der Waals surface area contributed by atoms with Crippen LogP contribution in [0.2, 0.25) is 0 Å². The summed E-state index contributed by atoms with van der Waals surface area (Å²) in [5.41, 5.74) is 9.35. The van der Waals surface area contributed by atoms with Crippen LogP contribution in [0.1, 0.15) is 27.2 Å². The molecule has 0 saturated heterocycles. The first-order valence-corrected chi connectivity index (χ1v) is 4.77. The van der Waals surface area contributed by atoms with Crippen LogP contribution in [0.3, 0.4) is 0 Å². The molecule has 0 fully saturated rings. The van der Waals surface area contributed by atoms with Crippen LogP contribution in [-0.4, -0.2) is 33.7 Å². The maximum atomic E-state index is 10.9. The van der Waals surface area contributed by atoms with E-state index in [2.05, 4.69) is 0 Å². The third-order valence-corrected chi connectivity index (χ3v) is 2.41. The summed E-state index contributed by atoms with van der Waals surface area (Å²) in [4.78, 5) is 21.7. The van der Waals surface area contributed by atoms with E-state index < -0.39 is 17.6 Å². The Morgan fingerprint density at radius 1 is 1.19 bits per heavy atom. The fraction of sp³-hybridized carbons (Fsp3) is 0.750. The second-order valence-electron chi connectivity index (χ2n) is 4.32. The first-order chi connectivity index (χ1) is 7.09. The highest BCUT2D eigenvalue weighted by Crippen LogP contribution is 2.19. The molecule has 8 heteroatoms. The Balaban J connectivity index is 4.58. The van der Waals surface area contributed by atoms with Gasteiger partial charge in [-0.25, -0.2) is 21.3 Å². The molecule has 0 saturated carbocycles. The SMILES string of the molecule is CC(CC(C)(C)N(N)C(N)=O)N(N)C(N)=O. The lowest BCUT2D eigenvalue weighted by Gasteiger charge is -2.37. The Labute approximate surface area is 94.4 Å². The van der Waals surface area contributed by atoms with Crippen molar-refractivity contribution in [2.24, 2.45) is 23.2 Å². The van der Waals surface area contributed by atoms with Gasteiger partial charge < -0.3 is 11.5 Å². The van der Waals surface area contributed by atoms with Crippen LogP contribution in [0.5, 0.6) is 0 Å². The molecule has 0 aromatic rings. The van der Waals surface area contributed by atoms with Gasteiger partial charge in [0.25, 0.3) is 0 Å². The quantitative estimate of drug-likeness (QED) is 0.281. The number of nitrogens with two attached hydrogens (primary N) is 4. The molecular weight excluding hydrogens is 212 g/mol. The number of amides is 4. The van der Waals surface area contributed by atoms with Crippen LogP contribution in [-0.2, 0) is 0 Å². The first-order valence-electron chi connectivity index (χ1n) is 4.77. The van der Waals surface area contributed by atoms with E-state index >= 15 is 0 Å². The van der Waals surface area contributed by atoms with Crippen molar-refractivity contribution in [2.45, 2.75) is 38.8 Å². The van der Waals surface area contributed by atoms with Crippen LogP contribution in [0.15, 0.2) is 0 Å². The Morgan fingerprint density at radius 3 is 1.94 bits per heavy atom. The summed E-state index contributed by atoms with van der Waals surface area (Å²) in [6, 6.07) is -1.86. The molecule has 0 spiro atoms. The zero-order valence-corrected chi connectivity index (χ0v) is 9.80. The van der Waals surface area contributed by atoms with Gasteiger partial charge in [0.15, 0.2) is 0 Å². The predicted octanol–water partition coefficient (Wildman–Crippen LogP) is -0.948. The van der Waals surface area contributed by atoms with Crippen molar-refractivity contribution >= 4 is 12.1 Å². The zero-order valence-electron chi connectivity index (χ0n) is 9.80. The minimum absolute atomic E-state index is 0.353. The Morgan fingerprint density at radius 2 is 1.62 bits per heavy atom. The lowest BCUT2D eigenvalue weighted by molar-refractivity contribution is 0.107. The molecule has 0 aliphatic rings. The smallest absolute Gasteiger partial charge is 0.329 e. The number of hydrogen-bond acceptors (Lipinski definition) is 4. The molecule has 8 N–H and O–H groups in total. The molecule has 1 unspecified atom stereocenters. The van der Waals surface area contributed by atoms with E-state index in [4.69, 9.17) is 23.2 Å². The van der Waals surface area contributed by atoms with Gasteiger partial charge in [-0.2, -0.15) is 0 Å². The molecule has 1 atom stereocenters. The van der Waals surface area contributed by atoms with Gasteiger partial charge in [-0.15, -0.1) is 0 Å². The van der Waals surface area contributed by atoms with Gasteiger partial charge in [0.2, 0.25) is 0 Å². The van der Waals surface area contributed by atoms with Gasteiger partial charge in [0.1, 0.15) is 0 Å². The normalized spacial score (nSPS) is 13.1. The Kier molecular flexibility index (Phi) is 4.51. The summed E-state index contributed by atoms with van der Waals surface area (Å²) < 4.78 is 0. The molecule has 8 nitrogen and oxygen atoms in total. The fourth-order valence-corrected chi connectivity index (χ4v) is 1.44. The van der Waals surface area contributed by atoms with Crippen molar-refractivity contribution in [1.82, 2.24) is 10.0 Å². The predicted molar refractivity (Wildman–Crippen MR) is 59.4 cm³/mol. The van der Waals surface area contributed by atoms with Gasteiger partial charge in [-0.05, 0) is 27.2 Å². The molecule has 0 radical (unpaired) electrons. The van der Waals surface area contributed by atoms with Gasteiger partial charge in [-0.3, -0.25) is 10.0 Å². The molecule has 16 heavy (non-hydrogen) atoms. The summed E-state index contributed by atoms with van der Waals surface area (Å²) in [6.45, 7) is 5.12. The number of hydrazine groups is 2. The standard InChI is InChI=1S/C8H20N6O2/c1-5(13(11)6(9)15)4-8(2,3)14(12)7(10)16/h5H,4,11-12H2,1-3H3,(H2,9,15)(H2,10,16). The van der Waals surface area contributed by atoms with Crippen LogP contribution >= 0.6 is 0 Å². The highest BCUT2D eigenvalue weighted by atomic mass is 16.2. The Hall–Kier alpha value is -1.54. The van der Waals surface area contributed by atoms with Crippen LogP contribution in [0.25, 0.3) is 0 Å². The maximum Gasteiger partial charge on any atom is 0.329 e. The summed E-state index contributed by atoms with van der Waals surface area (Å²) in [7, 11) is 0. The molecule has 0 aromatic carbocycles. The number of primary amides is 2. The van der Waals surface area contributed by atoms with E-state index in [-0.39, 0.29) is 6.04 Å². The van der Waals surface area contributed by atoms with Gasteiger partial charge in [0.05, 0.1) is 5.54 Å². The molecule has 0 aliphatic heterocycles. The number of urea groups is 2. The number of rotatable bonds is 4. The number of carbonyl (C=O) groups excluding carboxylic acids is 2. The summed E-state index contributed by atoms with van der Waals surface area (Å²) in [6.07, 6.45) is 0.353. The van der Waals surface area contributed by atoms with Crippen LogP contribution in [0, 0.1) is 0 Å².